The van der Waals surface area contributed by atoms with E-state index >= 15 is 0 Å². The maximum Gasteiger partial charge on any atom is 0.342 e. The number of nitrogens with zero attached hydrogens (tertiary/aromatic N) is 2. The number of piperazine rings is 1. The summed E-state index contributed by atoms with van der Waals surface area (Å²) in [5.74, 6) is 0.925. The second-order valence-electron chi connectivity index (χ2n) is 7.65. The Morgan fingerprint density at radius 2 is 1.90 bits per heavy atom. The number of halogens is 1. The highest BCUT2D eigenvalue weighted by molar-refractivity contribution is 9.10. The Hall–Kier alpha value is -2.51. The third-order valence-electron chi connectivity index (χ3n) is 5.71. The molecule has 0 radical (unpaired) electrons. The SMILES string of the molecule is CCOC(=O)c1c(CN2CCN(c3ccccc3C)CC2)oc2cc(Br)c(OC)cc12. The fourth-order valence-corrected chi connectivity index (χ4v) is 4.60. The zero-order chi connectivity index (χ0) is 22.0. The van der Waals surface area contributed by atoms with Crippen LogP contribution in [-0.2, 0) is 11.3 Å². The van der Waals surface area contributed by atoms with Gasteiger partial charge in [-0.1, -0.05) is 18.2 Å². The van der Waals surface area contributed by atoms with Gasteiger partial charge in [-0.05, 0) is 53.5 Å². The molecule has 0 spiro atoms. The maximum absolute atomic E-state index is 12.8. The number of para-hydroxylation sites is 1. The van der Waals surface area contributed by atoms with Gasteiger partial charge < -0.3 is 18.8 Å². The van der Waals surface area contributed by atoms with Crippen LogP contribution < -0.4 is 9.64 Å². The van der Waals surface area contributed by atoms with E-state index in [-0.39, 0.29) is 5.97 Å². The van der Waals surface area contributed by atoms with Crippen molar-refractivity contribution in [3.05, 3.63) is 57.8 Å². The van der Waals surface area contributed by atoms with Crippen LogP contribution in [0.1, 0.15) is 28.6 Å². The molecular weight excluding hydrogens is 460 g/mol. The minimum Gasteiger partial charge on any atom is -0.496 e. The molecule has 0 amide bonds. The largest absolute Gasteiger partial charge is 0.496 e. The van der Waals surface area contributed by atoms with Gasteiger partial charge in [0.25, 0.3) is 0 Å². The molecule has 4 rings (SSSR count). The van der Waals surface area contributed by atoms with Crippen LogP contribution in [0.15, 0.2) is 45.3 Å². The van der Waals surface area contributed by atoms with E-state index in [1.165, 1.54) is 11.3 Å². The minimum absolute atomic E-state index is 0.313. The summed E-state index contributed by atoms with van der Waals surface area (Å²) in [5.41, 5.74) is 3.71. The lowest BCUT2D eigenvalue weighted by atomic mass is 10.1. The second-order valence-corrected chi connectivity index (χ2v) is 8.51. The number of carbonyl (C=O) groups excluding carboxylic acids is 1. The van der Waals surface area contributed by atoms with Crippen LogP contribution in [0.4, 0.5) is 5.69 Å². The first-order valence-corrected chi connectivity index (χ1v) is 11.3. The van der Waals surface area contributed by atoms with Crippen molar-refractivity contribution in [2.45, 2.75) is 20.4 Å². The summed E-state index contributed by atoms with van der Waals surface area (Å²) in [6.07, 6.45) is 0. The molecular formula is C24H27BrN2O4. The van der Waals surface area contributed by atoms with Crippen molar-refractivity contribution >= 4 is 38.6 Å². The Morgan fingerprint density at radius 3 is 2.58 bits per heavy atom. The fourth-order valence-electron chi connectivity index (χ4n) is 4.11. The van der Waals surface area contributed by atoms with Gasteiger partial charge in [-0.15, -0.1) is 0 Å². The zero-order valence-electron chi connectivity index (χ0n) is 18.1. The highest BCUT2D eigenvalue weighted by Gasteiger charge is 2.26. The fraction of sp³-hybridized carbons (Fsp3) is 0.375. The predicted molar refractivity (Wildman–Crippen MR) is 125 cm³/mol. The Balaban J connectivity index is 1.57. The summed E-state index contributed by atoms with van der Waals surface area (Å²) in [7, 11) is 1.60. The monoisotopic (exact) mass is 486 g/mol. The van der Waals surface area contributed by atoms with Crippen LogP contribution in [0, 0.1) is 6.92 Å². The van der Waals surface area contributed by atoms with Crippen molar-refractivity contribution in [3.63, 3.8) is 0 Å². The standard InChI is InChI=1S/C24H27BrN2O4/c1-4-30-24(28)23-17-13-21(29-3)18(25)14-20(17)31-22(23)15-26-9-11-27(12-10-26)19-8-6-5-7-16(19)2/h5-8,13-14H,4,9-12,15H2,1-3H3. The Bertz CT molecular complexity index is 1090. The number of benzene rings is 2. The smallest absolute Gasteiger partial charge is 0.342 e. The number of hydrogen-bond donors (Lipinski definition) is 0. The van der Waals surface area contributed by atoms with E-state index < -0.39 is 0 Å². The molecule has 164 valence electrons. The molecule has 2 aromatic carbocycles. The molecule has 3 aromatic rings. The van der Waals surface area contributed by atoms with E-state index in [1.54, 1.807) is 7.11 Å². The number of ether oxygens (including phenoxy) is 2. The molecule has 0 saturated carbocycles. The zero-order valence-corrected chi connectivity index (χ0v) is 19.7. The summed E-state index contributed by atoms with van der Waals surface area (Å²) in [6, 6.07) is 12.1. The first-order valence-electron chi connectivity index (χ1n) is 10.5. The van der Waals surface area contributed by atoms with Gasteiger partial charge in [0.1, 0.15) is 22.7 Å². The number of aryl methyl sites for hydroxylation is 1. The number of esters is 1. The highest BCUT2D eigenvalue weighted by Crippen LogP contribution is 2.36. The molecule has 31 heavy (non-hydrogen) atoms. The molecule has 0 bridgehead atoms. The molecule has 1 aromatic heterocycles. The van der Waals surface area contributed by atoms with Gasteiger partial charge in [-0.3, -0.25) is 4.90 Å². The molecule has 1 aliphatic heterocycles. The molecule has 1 saturated heterocycles. The third kappa shape index (κ3) is 4.43. The number of methoxy groups -OCH3 is 1. The van der Waals surface area contributed by atoms with Gasteiger partial charge in [0.05, 0.1) is 24.7 Å². The summed E-state index contributed by atoms with van der Waals surface area (Å²) in [6.45, 7) is 8.47. The van der Waals surface area contributed by atoms with E-state index in [4.69, 9.17) is 13.9 Å². The first kappa shape index (κ1) is 21.7. The number of furan rings is 1. The maximum atomic E-state index is 12.8. The molecule has 0 aliphatic carbocycles. The van der Waals surface area contributed by atoms with E-state index in [0.717, 1.165) is 30.7 Å². The number of carbonyl (C=O) groups is 1. The van der Waals surface area contributed by atoms with Crippen LogP contribution >= 0.6 is 15.9 Å². The van der Waals surface area contributed by atoms with Crippen LogP contribution in [0.3, 0.4) is 0 Å². The van der Waals surface area contributed by atoms with Gasteiger partial charge >= 0.3 is 5.97 Å². The third-order valence-corrected chi connectivity index (χ3v) is 6.33. The number of anilines is 1. The van der Waals surface area contributed by atoms with Crippen molar-refractivity contribution in [2.24, 2.45) is 0 Å². The first-order chi connectivity index (χ1) is 15.0. The van der Waals surface area contributed by atoms with Crippen molar-refractivity contribution in [1.82, 2.24) is 4.90 Å². The second kappa shape index (κ2) is 9.32. The van der Waals surface area contributed by atoms with Crippen LogP contribution in [-0.4, -0.2) is 50.8 Å². The molecule has 2 heterocycles. The van der Waals surface area contributed by atoms with Crippen molar-refractivity contribution in [3.8, 4) is 5.75 Å². The Morgan fingerprint density at radius 1 is 1.16 bits per heavy atom. The molecule has 1 fully saturated rings. The summed E-state index contributed by atoms with van der Waals surface area (Å²) in [5, 5.41) is 0.715. The van der Waals surface area contributed by atoms with Crippen LogP contribution in [0.2, 0.25) is 0 Å². The lowest BCUT2D eigenvalue weighted by molar-refractivity contribution is 0.0524. The average Bonchev–Trinajstić information content (AvgIpc) is 3.10. The van der Waals surface area contributed by atoms with E-state index in [2.05, 4.69) is 56.9 Å². The van der Waals surface area contributed by atoms with E-state index in [0.29, 0.717) is 41.2 Å². The van der Waals surface area contributed by atoms with Gasteiger partial charge in [-0.25, -0.2) is 4.79 Å². The van der Waals surface area contributed by atoms with E-state index in [9.17, 15) is 4.79 Å². The Labute approximate surface area is 190 Å². The molecule has 0 unspecified atom stereocenters. The van der Waals surface area contributed by atoms with Crippen LogP contribution in [0.5, 0.6) is 5.75 Å². The van der Waals surface area contributed by atoms with Gasteiger partial charge in [0.2, 0.25) is 0 Å². The van der Waals surface area contributed by atoms with Gasteiger partial charge in [0, 0.05) is 37.3 Å². The molecule has 6 nitrogen and oxygen atoms in total. The molecule has 1 aliphatic rings. The van der Waals surface area contributed by atoms with Crippen molar-refractivity contribution < 1.29 is 18.7 Å². The quantitative estimate of drug-likeness (QED) is 0.456. The summed E-state index contributed by atoms with van der Waals surface area (Å²) >= 11 is 3.50. The molecule has 0 N–H and O–H groups in total. The summed E-state index contributed by atoms with van der Waals surface area (Å²) < 4.78 is 17.7. The summed E-state index contributed by atoms with van der Waals surface area (Å²) in [4.78, 5) is 17.5. The number of fused-ring (bicyclic) bond motifs is 1. The highest BCUT2D eigenvalue weighted by atomic mass is 79.9. The van der Waals surface area contributed by atoms with Crippen molar-refractivity contribution in [1.29, 1.82) is 0 Å². The molecule has 0 atom stereocenters. The van der Waals surface area contributed by atoms with Crippen LogP contribution in [0.25, 0.3) is 11.0 Å². The lowest BCUT2D eigenvalue weighted by Crippen LogP contribution is -2.46. The topological polar surface area (TPSA) is 55.2 Å². The van der Waals surface area contributed by atoms with Gasteiger partial charge in [-0.2, -0.15) is 0 Å². The average molecular weight is 487 g/mol. The predicted octanol–water partition coefficient (Wildman–Crippen LogP) is 5.01. The molecule has 7 heteroatoms. The minimum atomic E-state index is -0.362. The lowest BCUT2D eigenvalue weighted by Gasteiger charge is -2.36. The van der Waals surface area contributed by atoms with Gasteiger partial charge in [0.15, 0.2) is 0 Å². The number of rotatable bonds is 6. The van der Waals surface area contributed by atoms with Crippen molar-refractivity contribution in [2.75, 3.05) is 44.8 Å². The number of hydrogen-bond acceptors (Lipinski definition) is 6. The normalized spacial score (nSPS) is 14.8. The Kier molecular flexibility index (Phi) is 6.53. The van der Waals surface area contributed by atoms with E-state index in [1.807, 2.05) is 19.1 Å².